The van der Waals surface area contributed by atoms with Gasteiger partial charge < -0.3 is 14.6 Å². The molecule has 0 atom stereocenters. The quantitative estimate of drug-likeness (QED) is 0.705. The number of amides is 2. The van der Waals surface area contributed by atoms with Crippen LogP contribution < -0.4 is 5.32 Å². The molecule has 6 nitrogen and oxygen atoms in total. The maximum Gasteiger partial charge on any atom is 0.243 e. The molecule has 3 rings (SSSR count). The van der Waals surface area contributed by atoms with Crippen molar-refractivity contribution in [1.82, 2.24) is 9.88 Å². The lowest BCUT2D eigenvalue weighted by Crippen LogP contribution is -2.36. The van der Waals surface area contributed by atoms with Crippen LogP contribution in [0.3, 0.4) is 0 Å². The molecule has 2 amide bonds. The Balaban J connectivity index is 1.57. The van der Waals surface area contributed by atoms with Gasteiger partial charge in [-0.05, 0) is 37.1 Å². The van der Waals surface area contributed by atoms with Crippen LogP contribution in [0.5, 0.6) is 0 Å². The van der Waals surface area contributed by atoms with Crippen LogP contribution in [-0.2, 0) is 16.0 Å². The summed E-state index contributed by atoms with van der Waals surface area (Å²) in [4.78, 5) is 30.6. The molecule has 2 heterocycles. The summed E-state index contributed by atoms with van der Waals surface area (Å²) >= 11 is 1.42. The first-order chi connectivity index (χ1) is 12.9. The van der Waals surface area contributed by atoms with E-state index in [1.165, 1.54) is 16.2 Å². The number of thiazole rings is 1. The van der Waals surface area contributed by atoms with E-state index in [1.807, 2.05) is 43.5 Å². The molecule has 0 radical (unpaired) electrons. The third-order valence-electron chi connectivity index (χ3n) is 4.17. The highest BCUT2D eigenvalue weighted by molar-refractivity contribution is 7.13. The van der Waals surface area contributed by atoms with Crippen molar-refractivity contribution in [3.8, 4) is 10.8 Å². The summed E-state index contributed by atoms with van der Waals surface area (Å²) in [7, 11) is 1.62. The first-order valence-electron chi connectivity index (χ1n) is 8.52. The molecule has 1 aromatic carbocycles. The molecule has 0 saturated carbocycles. The maximum absolute atomic E-state index is 12.4. The number of anilines is 1. The van der Waals surface area contributed by atoms with E-state index in [2.05, 4.69) is 10.3 Å². The van der Waals surface area contributed by atoms with Crippen molar-refractivity contribution < 1.29 is 14.0 Å². The number of benzene rings is 1. The summed E-state index contributed by atoms with van der Waals surface area (Å²) < 4.78 is 5.31. The molecule has 0 bridgehead atoms. The van der Waals surface area contributed by atoms with E-state index in [0.29, 0.717) is 11.5 Å². The van der Waals surface area contributed by atoms with Crippen molar-refractivity contribution in [2.45, 2.75) is 20.3 Å². The summed E-state index contributed by atoms with van der Waals surface area (Å²) in [6.07, 6.45) is 1.73. The van der Waals surface area contributed by atoms with Crippen LogP contribution in [0.15, 0.2) is 46.4 Å². The van der Waals surface area contributed by atoms with Crippen molar-refractivity contribution in [2.75, 3.05) is 18.9 Å². The highest BCUT2D eigenvalue weighted by Crippen LogP contribution is 2.24. The number of carbonyl (C=O) groups is 2. The summed E-state index contributed by atoms with van der Waals surface area (Å²) in [5, 5.41) is 5.46. The number of rotatable bonds is 6. The first kappa shape index (κ1) is 18.8. The van der Waals surface area contributed by atoms with Gasteiger partial charge in [-0.15, -0.1) is 11.3 Å². The summed E-state index contributed by atoms with van der Waals surface area (Å²) in [6, 6.07) is 9.45. The zero-order valence-electron chi connectivity index (χ0n) is 15.5. The Morgan fingerprint density at radius 2 is 1.93 bits per heavy atom. The number of nitrogens with zero attached hydrogens (tertiary/aromatic N) is 2. The van der Waals surface area contributed by atoms with Crippen LogP contribution in [0.2, 0.25) is 0 Å². The van der Waals surface area contributed by atoms with Gasteiger partial charge in [-0.2, -0.15) is 0 Å². The molecule has 0 unspecified atom stereocenters. The van der Waals surface area contributed by atoms with Crippen LogP contribution in [0, 0.1) is 13.8 Å². The van der Waals surface area contributed by atoms with E-state index >= 15 is 0 Å². The second-order valence-electron chi connectivity index (χ2n) is 6.36. The van der Waals surface area contributed by atoms with Gasteiger partial charge in [-0.1, -0.05) is 18.2 Å². The number of carbonyl (C=O) groups excluding carboxylic acids is 2. The largest absolute Gasteiger partial charge is 0.462 e. The van der Waals surface area contributed by atoms with Gasteiger partial charge in [0.25, 0.3) is 0 Å². The molecule has 7 heteroatoms. The van der Waals surface area contributed by atoms with Crippen LogP contribution in [0.4, 0.5) is 5.69 Å². The van der Waals surface area contributed by atoms with Crippen LogP contribution in [0.1, 0.15) is 16.8 Å². The Bertz CT molecular complexity index is 927. The number of para-hydroxylation sites is 1. The molecule has 0 fully saturated rings. The lowest BCUT2D eigenvalue weighted by Gasteiger charge is -2.17. The molecule has 0 aliphatic rings. The maximum atomic E-state index is 12.4. The Morgan fingerprint density at radius 3 is 2.59 bits per heavy atom. The standard InChI is InChI=1S/C20H21N3O3S/c1-13-6-4-7-14(2)19(13)22-17(24)11-23(3)18(25)10-15-12-27-20(21-15)16-8-5-9-26-16/h4-9,12H,10-11H2,1-3H3,(H,22,24). The van der Waals surface area contributed by atoms with Gasteiger partial charge in [0, 0.05) is 18.1 Å². The molecule has 2 aromatic heterocycles. The molecule has 0 aliphatic heterocycles. The van der Waals surface area contributed by atoms with E-state index in [4.69, 9.17) is 4.42 Å². The lowest BCUT2D eigenvalue weighted by atomic mass is 10.1. The van der Waals surface area contributed by atoms with E-state index in [1.54, 1.807) is 19.4 Å². The monoisotopic (exact) mass is 383 g/mol. The molecule has 140 valence electrons. The molecular formula is C20H21N3O3S. The molecule has 27 heavy (non-hydrogen) atoms. The number of hydrogen-bond donors (Lipinski definition) is 1. The fraction of sp³-hybridized carbons (Fsp3) is 0.250. The van der Waals surface area contributed by atoms with E-state index in [9.17, 15) is 9.59 Å². The number of aryl methyl sites for hydroxylation is 2. The van der Waals surface area contributed by atoms with Crippen molar-refractivity contribution in [2.24, 2.45) is 0 Å². The molecule has 0 spiro atoms. The SMILES string of the molecule is Cc1cccc(C)c1NC(=O)CN(C)C(=O)Cc1csc(-c2ccco2)n1. The number of likely N-dealkylation sites (N-methyl/N-ethyl adjacent to an activating group) is 1. The topological polar surface area (TPSA) is 75.4 Å². The van der Waals surface area contributed by atoms with Gasteiger partial charge in [0.2, 0.25) is 11.8 Å². The van der Waals surface area contributed by atoms with Crippen molar-refractivity contribution in [3.05, 3.63) is 58.8 Å². The zero-order chi connectivity index (χ0) is 19.4. The number of furan rings is 1. The number of nitrogens with one attached hydrogen (secondary N) is 1. The van der Waals surface area contributed by atoms with Crippen LogP contribution in [-0.4, -0.2) is 35.3 Å². The third kappa shape index (κ3) is 4.62. The normalized spacial score (nSPS) is 10.6. The molecule has 0 aliphatic carbocycles. The molecular weight excluding hydrogens is 362 g/mol. The second kappa shape index (κ2) is 8.18. The van der Waals surface area contributed by atoms with Gasteiger partial charge in [-0.25, -0.2) is 4.98 Å². The average Bonchev–Trinajstić information content (AvgIpc) is 3.29. The third-order valence-corrected chi connectivity index (χ3v) is 5.07. The predicted molar refractivity (Wildman–Crippen MR) is 106 cm³/mol. The highest BCUT2D eigenvalue weighted by atomic mass is 32.1. The van der Waals surface area contributed by atoms with E-state index in [0.717, 1.165) is 21.8 Å². The summed E-state index contributed by atoms with van der Waals surface area (Å²) in [5.74, 6) is 0.292. The Labute approximate surface area is 161 Å². The van der Waals surface area contributed by atoms with Gasteiger partial charge in [0.05, 0.1) is 24.9 Å². The smallest absolute Gasteiger partial charge is 0.243 e. The van der Waals surface area contributed by atoms with E-state index < -0.39 is 0 Å². The van der Waals surface area contributed by atoms with Gasteiger partial charge in [0.1, 0.15) is 0 Å². The minimum absolute atomic E-state index is 0.0121. The lowest BCUT2D eigenvalue weighted by molar-refractivity contribution is -0.132. The van der Waals surface area contributed by atoms with Gasteiger partial charge in [-0.3, -0.25) is 9.59 Å². The Morgan fingerprint density at radius 1 is 1.19 bits per heavy atom. The summed E-state index contributed by atoms with van der Waals surface area (Å²) in [6.45, 7) is 3.87. The van der Waals surface area contributed by atoms with Crippen LogP contribution in [0.25, 0.3) is 10.8 Å². The first-order valence-corrected chi connectivity index (χ1v) is 9.40. The minimum Gasteiger partial charge on any atom is -0.462 e. The number of aromatic nitrogens is 1. The van der Waals surface area contributed by atoms with Crippen molar-refractivity contribution >= 4 is 28.8 Å². The number of hydrogen-bond acceptors (Lipinski definition) is 5. The Kier molecular flexibility index (Phi) is 5.71. The molecule has 1 N–H and O–H groups in total. The van der Waals surface area contributed by atoms with Crippen molar-refractivity contribution in [1.29, 1.82) is 0 Å². The summed E-state index contributed by atoms with van der Waals surface area (Å²) in [5.41, 5.74) is 3.44. The average molecular weight is 383 g/mol. The van der Waals surface area contributed by atoms with Gasteiger partial charge >= 0.3 is 0 Å². The van der Waals surface area contributed by atoms with Crippen LogP contribution >= 0.6 is 11.3 Å². The highest BCUT2D eigenvalue weighted by Gasteiger charge is 2.17. The van der Waals surface area contributed by atoms with Crippen molar-refractivity contribution in [3.63, 3.8) is 0 Å². The Hall–Kier alpha value is -2.93. The van der Waals surface area contributed by atoms with E-state index in [-0.39, 0.29) is 24.8 Å². The fourth-order valence-electron chi connectivity index (χ4n) is 2.69. The molecule has 3 aromatic rings. The zero-order valence-corrected chi connectivity index (χ0v) is 16.3. The molecule has 0 saturated heterocycles. The predicted octanol–water partition coefficient (Wildman–Crippen LogP) is 3.66. The second-order valence-corrected chi connectivity index (χ2v) is 7.22. The fourth-order valence-corrected chi connectivity index (χ4v) is 3.47. The minimum atomic E-state index is -0.224. The van der Waals surface area contributed by atoms with Gasteiger partial charge in [0.15, 0.2) is 10.8 Å².